The highest BCUT2D eigenvalue weighted by molar-refractivity contribution is 7.92. The van der Waals surface area contributed by atoms with E-state index in [1.54, 1.807) is 30.3 Å². The number of hydrogen-bond acceptors (Lipinski definition) is 3. The van der Waals surface area contributed by atoms with E-state index in [0.29, 0.717) is 17.5 Å². The molecule has 1 N–H and O–H groups in total. The fourth-order valence-electron chi connectivity index (χ4n) is 2.02. The van der Waals surface area contributed by atoms with Crippen molar-refractivity contribution in [2.45, 2.75) is 31.1 Å². The van der Waals surface area contributed by atoms with Crippen LogP contribution in [0.2, 0.25) is 0 Å². The topological polar surface area (TPSA) is 63.2 Å². The van der Waals surface area contributed by atoms with Crippen molar-refractivity contribution < 1.29 is 13.2 Å². The van der Waals surface area contributed by atoms with Gasteiger partial charge in [-0.15, -0.1) is 0 Å². The molecule has 0 aliphatic carbocycles. The molecule has 0 aliphatic rings. The number of hydrogen-bond donors (Lipinski definition) is 1. The molecule has 0 saturated heterocycles. The van der Waals surface area contributed by atoms with E-state index in [9.17, 15) is 13.2 Å². The maximum atomic E-state index is 12.4. The van der Waals surface area contributed by atoms with Crippen LogP contribution < -0.4 is 4.72 Å². The lowest BCUT2D eigenvalue weighted by atomic mass is 9.87. The summed E-state index contributed by atoms with van der Waals surface area (Å²) in [6.45, 7) is 6.21. The molecule has 0 unspecified atom stereocenters. The molecule has 4 nitrogen and oxygen atoms in total. The minimum atomic E-state index is -3.67. The molecule has 0 amide bonds. The summed E-state index contributed by atoms with van der Waals surface area (Å²) in [4.78, 5) is 10.9. The molecule has 0 aromatic heterocycles. The van der Waals surface area contributed by atoms with Gasteiger partial charge in [0.15, 0.2) is 0 Å². The van der Waals surface area contributed by atoms with Gasteiger partial charge in [0.1, 0.15) is 6.29 Å². The highest BCUT2D eigenvalue weighted by atomic mass is 32.2. The summed E-state index contributed by atoms with van der Waals surface area (Å²) in [5.41, 5.74) is 1.82. The summed E-state index contributed by atoms with van der Waals surface area (Å²) in [5, 5.41) is 0. The Hall–Kier alpha value is -2.14. The van der Waals surface area contributed by atoms with Crippen molar-refractivity contribution in [3.05, 3.63) is 59.7 Å². The van der Waals surface area contributed by atoms with Crippen LogP contribution >= 0.6 is 0 Å². The van der Waals surface area contributed by atoms with Gasteiger partial charge in [-0.05, 0) is 35.2 Å². The van der Waals surface area contributed by atoms with Crippen LogP contribution in [0.1, 0.15) is 36.7 Å². The summed E-state index contributed by atoms with van der Waals surface area (Å²) >= 11 is 0. The van der Waals surface area contributed by atoms with Crippen LogP contribution in [0, 0.1) is 0 Å². The second-order valence-corrected chi connectivity index (χ2v) is 7.81. The van der Waals surface area contributed by atoms with Gasteiger partial charge in [-0.2, -0.15) is 0 Å². The summed E-state index contributed by atoms with van der Waals surface area (Å²) in [6, 6.07) is 13.2. The number of sulfonamides is 1. The molecule has 0 saturated carbocycles. The highest BCUT2D eigenvalue weighted by Gasteiger charge is 2.17. The summed E-state index contributed by atoms with van der Waals surface area (Å²) in [5.74, 6) is 0. The molecule has 0 spiro atoms. The van der Waals surface area contributed by atoms with Gasteiger partial charge >= 0.3 is 0 Å². The van der Waals surface area contributed by atoms with E-state index in [-0.39, 0.29) is 10.3 Å². The number of carbonyl (C=O) groups is 1. The molecule has 2 rings (SSSR count). The number of benzene rings is 2. The number of nitrogens with one attached hydrogen (secondary N) is 1. The first-order valence-electron chi connectivity index (χ1n) is 6.91. The zero-order valence-electron chi connectivity index (χ0n) is 12.8. The fraction of sp³-hybridized carbons (Fsp3) is 0.235. The lowest BCUT2D eigenvalue weighted by molar-refractivity contribution is 0.112. The zero-order chi connectivity index (χ0) is 16.4. The van der Waals surface area contributed by atoms with Crippen LogP contribution in [0.4, 0.5) is 5.69 Å². The van der Waals surface area contributed by atoms with Crippen molar-refractivity contribution in [2.75, 3.05) is 4.72 Å². The van der Waals surface area contributed by atoms with Gasteiger partial charge in [0.2, 0.25) is 0 Å². The fourth-order valence-corrected chi connectivity index (χ4v) is 3.07. The van der Waals surface area contributed by atoms with Crippen molar-refractivity contribution in [3.63, 3.8) is 0 Å². The van der Waals surface area contributed by atoms with Gasteiger partial charge in [-0.3, -0.25) is 9.52 Å². The molecule has 5 heteroatoms. The van der Waals surface area contributed by atoms with Gasteiger partial charge < -0.3 is 0 Å². The Morgan fingerprint density at radius 1 is 1.00 bits per heavy atom. The van der Waals surface area contributed by atoms with Gasteiger partial charge in [0.05, 0.1) is 4.90 Å². The molecule has 2 aromatic rings. The average Bonchev–Trinajstić information content (AvgIpc) is 2.46. The minimum absolute atomic E-state index is 0.0337. The first-order valence-corrected chi connectivity index (χ1v) is 8.39. The van der Waals surface area contributed by atoms with Crippen molar-refractivity contribution in [2.24, 2.45) is 0 Å². The minimum Gasteiger partial charge on any atom is -0.298 e. The van der Waals surface area contributed by atoms with E-state index in [1.807, 2.05) is 12.1 Å². The number of carbonyl (C=O) groups excluding carboxylic acids is 1. The predicted molar refractivity (Wildman–Crippen MR) is 87.8 cm³/mol. The Balaban J connectivity index is 2.28. The molecule has 2 aromatic carbocycles. The molecule has 0 heterocycles. The quantitative estimate of drug-likeness (QED) is 0.876. The van der Waals surface area contributed by atoms with E-state index in [0.717, 1.165) is 5.56 Å². The van der Waals surface area contributed by atoms with Gasteiger partial charge in [0.25, 0.3) is 10.0 Å². The van der Waals surface area contributed by atoms with Crippen LogP contribution in [0.3, 0.4) is 0 Å². The van der Waals surface area contributed by atoms with Gasteiger partial charge in [0, 0.05) is 11.3 Å². The van der Waals surface area contributed by atoms with Crippen LogP contribution in [-0.2, 0) is 15.4 Å². The molecule has 116 valence electrons. The molecule has 0 radical (unpaired) electrons. The number of rotatable bonds is 4. The lowest BCUT2D eigenvalue weighted by Crippen LogP contribution is -2.15. The SMILES string of the molecule is CC(C)(C)c1ccc(S(=O)(=O)Nc2cccc(C=O)c2)cc1. The van der Waals surface area contributed by atoms with E-state index in [4.69, 9.17) is 0 Å². The Bertz CT molecular complexity index is 772. The summed E-state index contributed by atoms with van der Waals surface area (Å²) in [6.07, 6.45) is 0.677. The molecule has 0 bridgehead atoms. The van der Waals surface area contributed by atoms with Gasteiger partial charge in [-0.1, -0.05) is 45.0 Å². The number of aldehydes is 1. The van der Waals surface area contributed by atoms with E-state index in [1.165, 1.54) is 6.07 Å². The van der Waals surface area contributed by atoms with Crippen LogP contribution in [-0.4, -0.2) is 14.7 Å². The zero-order valence-corrected chi connectivity index (χ0v) is 13.6. The highest BCUT2D eigenvalue weighted by Crippen LogP contribution is 2.24. The standard InChI is InChI=1S/C17H19NO3S/c1-17(2,3)14-7-9-16(10-8-14)22(20,21)18-15-6-4-5-13(11-15)12-19/h4-12,18H,1-3H3. The molecular weight excluding hydrogens is 298 g/mol. The Morgan fingerprint density at radius 3 is 2.18 bits per heavy atom. The maximum absolute atomic E-state index is 12.4. The van der Waals surface area contributed by atoms with Crippen LogP contribution in [0.5, 0.6) is 0 Å². The third-order valence-electron chi connectivity index (χ3n) is 3.31. The third-order valence-corrected chi connectivity index (χ3v) is 4.70. The first-order chi connectivity index (χ1) is 10.2. The second-order valence-electron chi connectivity index (χ2n) is 6.12. The van der Waals surface area contributed by atoms with E-state index in [2.05, 4.69) is 25.5 Å². The Kier molecular flexibility index (Phi) is 4.37. The first kappa shape index (κ1) is 16.2. The normalized spacial score (nSPS) is 12.0. The maximum Gasteiger partial charge on any atom is 0.261 e. The average molecular weight is 317 g/mol. The number of anilines is 1. The molecular formula is C17H19NO3S. The lowest BCUT2D eigenvalue weighted by Gasteiger charge is -2.19. The second kappa shape index (κ2) is 5.93. The van der Waals surface area contributed by atoms with Crippen molar-refractivity contribution in [1.29, 1.82) is 0 Å². The van der Waals surface area contributed by atoms with Crippen molar-refractivity contribution >= 4 is 22.0 Å². The molecule has 0 aliphatic heterocycles. The van der Waals surface area contributed by atoms with E-state index >= 15 is 0 Å². The summed E-state index contributed by atoms with van der Waals surface area (Å²) < 4.78 is 27.2. The third kappa shape index (κ3) is 3.74. The Morgan fingerprint density at radius 2 is 1.64 bits per heavy atom. The predicted octanol–water partition coefficient (Wildman–Crippen LogP) is 3.60. The van der Waals surface area contributed by atoms with Gasteiger partial charge in [-0.25, -0.2) is 8.42 Å². The Labute approximate surface area is 131 Å². The monoisotopic (exact) mass is 317 g/mol. The molecule has 0 atom stereocenters. The van der Waals surface area contributed by atoms with E-state index < -0.39 is 10.0 Å². The van der Waals surface area contributed by atoms with Crippen molar-refractivity contribution in [3.8, 4) is 0 Å². The van der Waals surface area contributed by atoms with Crippen LogP contribution in [0.15, 0.2) is 53.4 Å². The van der Waals surface area contributed by atoms with Crippen LogP contribution in [0.25, 0.3) is 0 Å². The summed E-state index contributed by atoms with van der Waals surface area (Å²) in [7, 11) is -3.67. The largest absolute Gasteiger partial charge is 0.298 e. The molecule has 0 fully saturated rings. The smallest absolute Gasteiger partial charge is 0.261 e. The molecule has 22 heavy (non-hydrogen) atoms. The van der Waals surface area contributed by atoms with Crippen molar-refractivity contribution in [1.82, 2.24) is 0 Å².